The van der Waals surface area contributed by atoms with Crippen molar-refractivity contribution < 1.29 is 5.11 Å². The molecule has 2 heteroatoms. The second-order valence-corrected chi connectivity index (χ2v) is 3.96. The summed E-state index contributed by atoms with van der Waals surface area (Å²) in [6, 6.07) is 8.24. The summed E-state index contributed by atoms with van der Waals surface area (Å²) in [5.41, 5.74) is 0.976. The summed E-state index contributed by atoms with van der Waals surface area (Å²) >= 11 is 0. The highest BCUT2D eigenvalue weighted by Gasteiger charge is 2.12. The second-order valence-electron chi connectivity index (χ2n) is 3.96. The average molecular weight is 207 g/mol. The van der Waals surface area contributed by atoms with Crippen LogP contribution in [-0.2, 0) is 0 Å². The molecule has 1 aromatic carbocycles. The number of phenolic OH excluding ortho intramolecular Hbond substituents is 1. The maximum absolute atomic E-state index is 9.70. The number of hydrogen-bond acceptors (Lipinski definition) is 2. The number of hydrogen-bond donors (Lipinski definition) is 2. The van der Waals surface area contributed by atoms with Gasteiger partial charge in [-0.3, -0.25) is 0 Å². The third kappa shape index (κ3) is 3.24. The van der Waals surface area contributed by atoms with Crippen LogP contribution >= 0.6 is 0 Å². The molecule has 2 N–H and O–H groups in total. The summed E-state index contributed by atoms with van der Waals surface area (Å²) in [4.78, 5) is 0. The number of phenols is 1. The predicted octanol–water partition coefficient (Wildman–Crippen LogP) is 3.23. The summed E-state index contributed by atoms with van der Waals surface area (Å²) in [5, 5.41) is 13.2. The van der Waals surface area contributed by atoms with E-state index in [1.54, 1.807) is 6.07 Å². The summed E-state index contributed by atoms with van der Waals surface area (Å²) in [6.07, 6.45) is 2.24. The van der Waals surface area contributed by atoms with Crippen molar-refractivity contribution in [2.45, 2.75) is 45.7 Å². The molecule has 0 spiro atoms. The fourth-order valence-corrected chi connectivity index (χ4v) is 1.82. The van der Waals surface area contributed by atoms with E-state index in [1.165, 1.54) is 0 Å². The molecule has 0 saturated heterocycles. The first-order chi connectivity index (χ1) is 7.19. The minimum absolute atomic E-state index is 0.205. The van der Waals surface area contributed by atoms with Crippen LogP contribution in [0.2, 0.25) is 0 Å². The molecule has 0 aliphatic rings. The summed E-state index contributed by atoms with van der Waals surface area (Å²) in [5.74, 6) is 0.378. The Bertz CT molecular complexity index is 294. The van der Waals surface area contributed by atoms with Crippen molar-refractivity contribution in [3.05, 3.63) is 29.8 Å². The van der Waals surface area contributed by atoms with Crippen molar-refractivity contribution in [3.8, 4) is 5.75 Å². The lowest BCUT2D eigenvalue weighted by molar-refractivity contribution is 0.411. The molecule has 1 atom stereocenters. The van der Waals surface area contributed by atoms with E-state index in [-0.39, 0.29) is 6.04 Å². The molecule has 0 amide bonds. The number of benzene rings is 1. The van der Waals surface area contributed by atoms with Crippen LogP contribution < -0.4 is 5.32 Å². The number of nitrogens with one attached hydrogen (secondary N) is 1. The van der Waals surface area contributed by atoms with Gasteiger partial charge in [0.05, 0.1) is 0 Å². The van der Waals surface area contributed by atoms with Crippen LogP contribution in [0.5, 0.6) is 5.75 Å². The highest BCUT2D eigenvalue weighted by Crippen LogP contribution is 2.23. The van der Waals surface area contributed by atoms with E-state index in [9.17, 15) is 5.11 Å². The van der Waals surface area contributed by atoms with Gasteiger partial charge in [-0.2, -0.15) is 0 Å². The maximum Gasteiger partial charge on any atom is 0.120 e. The van der Waals surface area contributed by atoms with E-state index in [1.807, 2.05) is 18.2 Å². The van der Waals surface area contributed by atoms with Gasteiger partial charge in [0, 0.05) is 17.6 Å². The van der Waals surface area contributed by atoms with E-state index in [2.05, 4.69) is 26.1 Å². The minimum Gasteiger partial charge on any atom is -0.508 e. The van der Waals surface area contributed by atoms with Crippen LogP contribution in [0.3, 0.4) is 0 Å². The standard InChI is InChI=1S/C13H21NO/c1-4-11(5-2)14-10(3)12-8-6-7-9-13(12)15/h6-11,14-15H,4-5H2,1-3H3. The molecule has 0 heterocycles. The van der Waals surface area contributed by atoms with Gasteiger partial charge >= 0.3 is 0 Å². The van der Waals surface area contributed by atoms with Crippen LogP contribution in [0.1, 0.15) is 45.2 Å². The lowest BCUT2D eigenvalue weighted by Gasteiger charge is -2.21. The van der Waals surface area contributed by atoms with Crippen molar-refractivity contribution in [2.75, 3.05) is 0 Å². The van der Waals surface area contributed by atoms with Gasteiger partial charge in [0.25, 0.3) is 0 Å². The zero-order valence-electron chi connectivity index (χ0n) is 9.83. The fraction of sp³-hybridized carbons (Fsp3) is 0.538. The van der Waals surface area contributed by atoms with Gasteiger partial charge < -0.3 is 10.4 Å². The first-order valence-corrected chi connectivity index (χ1v) is 5.73. The van der Waals surface area contributed by atoms with Crippen molar-refractivity contribution in [1.29, 1.82) is 0 Å². The Balaban J connectivity index is 2.68. The Morgan fingerprint density at radius 2 is 1.80 bits per heavy atom. The second kappa shape index (κ2) is 5.76. The normalized spacial score (nSPS) is 13.1. The molecular formula is C13H21NO. The predicted molar refractivity (Wildman–Crippen MR) is 64.0 cm³/mol. The highest BCUT2D eigenvalue weighted by atomic mass is 16.3. The van der Waals surface area contributed by atoms with Crippen LogP contribution in [0.4, 0.5) is 0 Å². The first kappa shape index (κ1) is 12.1. The quantitative estimate of drug-likeness (QED) is 0.777. The Morgan fingerprint density at radius 1 is 1.20 bits per heavy atom. The zero-order valence-corrected chi connectivity index (χ0v) is 9.83. The molecule has 0 aliphatic carbocycles. The average Bonchev–Trinajstić information content (AvgIpc) is 2.26. The summed E-state index contributed by atoms with van der Waals surface area (Å²) in [7, 11) is 0. The molecule has 0 aliphatic heterocycles. The van der Waals surface area contributed by atoms with E-state index >= 15 is 0 Å². The molecule has 1 unspecified atom stereocenters. The molecule has 0 saturated carbocycles. The van der Waals surface area contributed by atoms with Crippen LogP contribution in [0, 0.1) is 0 Å². The molecule has 1 rings (SSSR count). The van der Waals surface area contributed by atoms with Crippen LogP contribution in [-0.4, -0.2) is 11.1 Å². The molecule has 84 valence electrons. The van der Waals surface area contributed by atoms with Crippen molar-refractivity contribution in [2.24, 2.45) is 0 Å². The maximum atomic E-state index is 9.70. The SMILES string of the molecule is CCC(CC)NC(C)c1ccccc1O. The van der Waals surface area contributed by atoms with Crippen LogP contribution in [0.25, 0.3) is 0 Å². The van der Waals surface area contributed by atoms with Gasteiger partial charge in [-0.1, -0.05) is 32.0 Å². The van der Waals surface area contributed by atoms with Crippen LogP contribution in [0.15, 0.2) is 24.3 Å². The highest BCUT2D eigenvalue weighted by molar-refractivity contribution is 5.34. The van der Waals surface area contributed by atoms with E-state index < -0.39 is 0 Å². The van der Waals surface area contributed by atoms with Gasteiger partial charge in [-0.05, 0) is 25.8 Å². The molecular weight excluding hydrogens is 186 g/mol. The van der Waals surface area contributed by atoms with Gasteiger partial charge in [0.2, 0.25) is 0 Å². The van der Waals surface area contributed by atoms with Crippen molar-refractivity contribution in [1.82, 2.24) is 5.32 Å². The van der Waals surface area contributed by atoms with Crippen molar-refractivity contribution >= 4 is 0 Å². The van der Waals surface area contributed by atoms with Gasteiger partial charge in [0.15, 0.2) is 0 Å². The number of rotatable bonds is 5. The zero-order chi connectivity index (χ0) is 11.3. The molecule has 0 bridgehead atoms. The van der Waals surface area contributed by atoms with Gasteiger partial charge in [-0.25, -0.2) is 0 Å². The smallest absolute Gasteiger partial charge is 0.120 e. The topological polar surface area (TPSA) is 32.3 Å². The molecule has 0 fully saturated rings. The largest absolute Gasteiger partial charge is 0.508 e. The summed E-state index contributed by atoms with van der Waals surface area (Å²) < 4.78 is 0. The monoisotopic (exact) mass is 207 g/mol. The lowest BCUT2D eigenvalue weighted by Crippen LogP contribution is -2.30. The fourth-order valence-electron chi connectivity index (χ4n) is 1.82. The molecule has 1 aromatic rings. The summed E-state index contributed by atoms with van der Waals surface area (Å²) in [6.45, 7) is 6.45. The van der Waals surface area contributed by atoms with Gasteiger partial charge in [-0.15, -0.1) is 0 Å². The Morgan fingerprint density at radius 3 is 2.33 bits per heavy atom. The molecule has 15 heavy (non-hydrogen) atoms. The van der Waals surface area contributed by atoms with E-state index in [0.717, 1.165) is 18.4 Å². The lowest BCUT2D eigenvalue weighted by atomic mass is 10.0. The minimum atomic E-state index is 0.205. The first-order valence-electron chi connectivity index (χ1n) is 5.73. The third-order valence-electron chi connectivity index (χ3n) is 2.87. The Kier molecular flexibility index (Phi) is 4.63. The molecule has 0 radical (unpaired) electrons. The number of para-hydroxylation sites is 1. The van der Waals surface area contributed by atoms with E-state index in [4.69, 9.17) is 0 Å². The Labute approximate surface area is 92.3 Å². The Hall–Kier alpha value is -1.02. The van der Waals surface area contributed by atoms with E-state index in [0.29, 0.717) is 11.8 Å². The number of aromatic hydroxyl groups is 1. The third-order valence-corrected chi connectivity index (χ3v) is 2.87. The van der Waals surface area contributed by atoms with Gasteiger partial charge in [0.1, 0.15) is 5.75 Å². The molecule has 2 nitrogen and oxygen atoms in total. The van der Waals surface area contributed by atoms with Crippen molar-refractivity contribution in [3.63, 3.8) is 0 Å². The molecule has 0 aromatic heterocycles.